The molecule has 0 aliphatic rings. The number of rotatable bonds is 4. The molecule has 108 valence electrons. The Balaban J connectivity index is 1.98. The van der Waals surface area contributed by atoms with Gasteiger partial charge in [0, 0.05) is 16.2 Å². The average molecular weight is 345 g/mol. The zero-order chi connectivity index (χ0) is 15.2. The molecule has 0 saturated heterocycles. The largest absolute Gasteiger partial charge is 0.399 e. The molecular formula is C17H17BrN2O. The van der Waals surface area contributed by atoms with Gasteiger partial charge in [-0.15, -0.1) is 0 Å². The highest BCUT2D eigenvalue weighted by molar-refractivity contribution is 9.10. The van der Waals surface area contributed by atoms with E-state index in [1.54, 1.807) is 18.2 Å². The molecule has 1 amide bonds. The van der Waals surface area contributed by atoms with Crippen LogP contribution in [0.3, 0.4) is 0 Å². The molecule has 21 heavy (non-hydrogen) atoms. The molecule has 1 unspecified atom stereocenters. The van der Waals surface area contributed by atoms with Crippen molar-refractivity contribution in [1.29, 1.82) is 0 Å². The maximum Gasteiger partial charge on any atom is 0.244 e. The van der Waals surface area contributed by atoms with Crippen molar-refractivity contribution >= 4 is 33.6 Å². The summed E-state index contributed by atoms with van der Waals surface area (Å²) in [6, 6.07) is 15.1. The molecule has 0 aromatic heterocycles. The lowest BCUT2D eigenvalue weighted by Crippen LogP contribution is -2.24. The molecule has 0 bridgehead atoms. The van der Waals surface area contributed by atoms with Gasteiger partial charge < -0.3 is 11.1 Å². The Morgan fingerprint density at radius 2 is 1.86 bits per heavy atom. The average Bonchev–Trinajstić information content (AvgIpc) is 2.47. The Morgan fingerprint density at radius 3 is 2.52 bits per heavy atom. The SMILES string of the molecule is CC(NC(=O)/C=C/c1ccc(N)cc1)c1ccccc1Br. The van der Waals surface area contributed by atoms with Gasteiger partial charge in [0.2, 0.25) is 5.91 Å². The molecule has 0 spiro atoms. The molecule has 0 saturated carbocycles. The van der Waals surface area contributed by atoms with Crippen molar-refractivity contribution in [2.24, 2.45) is 0 Å². The van der Waals surface area contributed by atoms with Crippen LogP contribution in [-0.4, -0.2) is 5.91 Å². The zero-order valence-corrected chi connectivity index (χ0v) is 13.3. The number of carbonyl (C=O) groups excluding carboxylic acids is 1. The van der Waals surface area contributed by atoms with Crippen LogP contribution in [0.1, 0.15) is 24.1 Å². The van der Waals surface area contributed by atoms with Gasteiger partial charge in [0.1, 0.15) is 0 Å². The van der Waals surface area contributed by atoms with E-state index >= 15 is 0 Å². The van der Waals surface area contributed by atoms with Crippen LogP contribution in [0, 0.1) is 0 Å². The number of benzene rings is 2. The van der Waals surface area contributed by atoms with Gasteiger partial charge in [0.25, 0.3) is 0 Å². The predicted octanol–water partition coefficient (Wildman–Crippen LogP) is 3.92. The normalized spacial score (nSPS) is 12.3. The lowest BCUT2D eigenvalue weighted by atomic mass is 10.1. The third kappa shape index (κ3) is 4.46. The van der Waals surface area contributed by atoms with Crippen LogP contribution in [0.25, 0.3) is 6.08 Å². The summed E-state index contributed by atoms with van der Waals surface area (Å²) >= 11 is 3.49. The lowest BCUT2D eigenvalue weighted by molar-refractivity contribution is -0.117. The van der Waals surface area contributed by atoms with Gasteiger partial charge in [0.05, 0.1) is 6.04 Å². The molecule has 0 heterocycles. The van der Waals surface area contributed by atoms with Crippen LogP contribution in [0.5, 0.6) is 0 Å². The molecule has 0 aliphatic heterocycles. The monoisotopic (exact) mass is 344 g/mol. The van der Waals surface area contributed by atoms with Crippen molar-refractivity contribution in [2.45, 2.75) is 13.0 Å². The summed E-state index contributed by atoms with van der Waals surface area (Å²) in [4.78, 5) is 11.9. The Morgan fingerprint density at radius 1 is 1.19 bits per heavy atom. The fraction of sp³-hybridized carbons (Fsp3) is 0.118. The van der Waals surface area contributed by atoms with Crippen molar-refractivity contribution < 1.29 is 4.79 Å². The highest BCUT2D eigenvalue weighted by atomic mass is 79.9. The summed E-state index contributed by atoms with van der Waals surface area (Å²) in [5, 5.41) is 2.94. The summed E-state index contributed by atoms with van der Waals surface area (Å²) in [6.45, 7) is 1.95. The molecule has 2 aromatic rings. The first-order chi connectivity index (χ1) is 10.1. The molecule has 0 fully saturated rings. The Labute approximate surface area is 133 Å². The van der Waals surface area contributed by atoms with Crippen LogP contribution in [-0.2, 0) is 4.79 Å². The Bertz CT molecular complexity index is 650. The van der Waals surface area contributed by atoms with Gasteiger partial charge in [-0.2, -0.15) is 0 Å². The highest BCUT2D eigenvalue weighted by Gasteiger charge is 2.09. The second-order valence-electron chi connectivity index (χ2n) is 4.75. The molecular weight excluding hydrogens is 328 g/mol. The van der Waals surface area contributed by atoms with Gasteiger partial charge in [-0.3, -0.25) is 4.79 Å². The van der Waals surface area contributed by atoms with Crippen LogP contribution in [0.2, 0.25) is 0 Å². The molecule has 1 atom stereocenters. The standard InChI is InChI=1S/C17H17BrN2O/c1-12(15-4-2-3-5-16(15)18)20-17(21)11-8-13-6-9-14(19)10-7-13/h2-12H,19H2,1H3,(H,20,21)/b11-8+. The van der Waals surface area contributed by atoms with Gasteiger partial charge in [-0.25, -0.2) is 0 Å². The van der Waals surface area contributed by atoms with E-state index < -0.39 is 0 Å². The van der Waals surface area contributed by atoms with Crippen LogP contribution in [0.15, 0.2) is 59.1 Å². The molecule has 0 aliphatic carbocycles. The smallest absolute Gasteiger partial charge is 0.244 e. The Kier molecular flexibility index (Phi) is 5.17. The summed E-state index contributed by atoms with van der Waals surface area (Å²) in [5.41, 5.74) is 8.31. The molecule has 0 radical (unpaired) electrons. The lowest BCUT2D eigenvalue weighted by Gasteiger charge is -2.14. The van der Waals surface area contributed by atoms with E-state index in [4.69, 9.17) is 5.73 Å². The molecule has 2 rings (SSSR count). The molecule has 2 aromatic carbocycles. The fourth-order valence-electron chi connectivity index (χ4n) is 1.94. The topological polar surface area (TPSA) is 55.1 Å². The second-order valence-corrected chi connectivity index (χ2v) is 5.61. The number of amides is 1. The summed E-state index contributed by atoms with van der Waals surface area (Å²) in [5.74, 6) is -0.130. The summed E-state index contributed by atoms with van der Waals surface area (Å²) in [6.07, 6.45) is 3.29. The number of nitrogens with one attached hydrogen (secondary N) is 1. The zero-order valence-electron chi connectivity index (χ0n) is 11.7. The first-order valence-corrected chi connectivity index (χ1v) is 7.44. The first-order valence-electron chi connectivity index (χ1n) is 6.65. The molecule has 3 N–H and O–H groups in total. The Hall–Kier alpha value is -2.07. The third-order valence-corrected chi connectivity index (χ3v) is 3.82. The van der Waals surface area contributed by atoms with Gasteiger partial charge >= 0.3 is 0 Å². The van der Waals surface area contributed by atoms with E-state index in [1.165, 1.54) is 6.08 Å². The van der Waals surface area contributed by atoms with Crippen molar-refractivity contribution in [3.8, 4) is 0 Å². The summed E-state index contributed by atoms with van der Waals surface area (Å²) in [7, 11) is 0. The third-order valence-electron chi connectivity index (χ3n) is 3.09. The number of hydrogen-bond acceptors (Lipinski definition) is 2. The maximum atomic E-state index is 11.9. The number of hydrogen-bond donors (Lipinski definition) is 2. The van der Waals surface area contributed by atoms with E-state index in [9.17, 15) is 4.79 Å². The van der Waals surface area contributed by atoms with Gasteiger partial charge in [-0.1, -0.05) is 46.3 Å². The number of nitrogens with two attached hydrogens (primary N) is 1. The number of carbonyl (C=O) groups is 1. The van der Waals surface area contributed by atoms with Crippen molar-refractivity contribution in [3.63, 3.8) is 0 Å². The number of anilines is 1. The fourth-order valence-corrected chi connectivity index (χ4v) is 2.57. The van der Waals surface area contributed by atoms with Crippen LogP contribution >= 0.6 is 15.9 Å². The maximum absolute atomic E-state index is 11.9. The van der Waals surface area contributed by atoms with Crippen LogP contribution in [0.4, 0.5) is 5.69 Å². The first kappa shape index (κ1) is 15.3. The quantitative estimate of drug-likeness (QED) is 0.652. The van der Waals surface area contributed by atoms with E-state index in [1.807, 2.05) is 43.3 Å². The minimum atomic E-state index is -0.130. The summed E-state index contributed by atoms with van der Waals surface area (Å²) < 4.78 is 0.986. The minimum Gasteiger partial charge on any atom is -0.399 e. The van der Waals surface area contributed by atoms with E-state index in [0.717, 1.165) is 15.6 Å². The van der Waals surface area contributed by atoms with Crippen molar-refractivity contribution in [3.05, 3.63) is 70.2 Å². The number of nitrogen functional groups attached to an aromatic ring is 1. The van der Waals surface area contributed by atoms with E-state index in [0.29, 0.717) is 5.69 Å². The molecule has 4 heteroatoms. The van der Waals surface area contributed by atoms with Crippen LogP contribution < -0.4 is 11.1 Å². The van der Waals surface area contributed by atoms with Crippen molar-refractivity contribution in [2.75, 3.05) is 5.73 Å². The number of halogens is 1. The van der Waals surface area contributed by atoms with Gasteiger partial charge in [0.15, 0.2) is 0 Å². The van der Waals surface area contributed by atoms with Crippen molar-refractivity contribution in [1.82, 2.24) is 5.32 Å². The second kappa shape index (κ2) is 7.09. The van der Waals surface area contributed by atoms with E-state index in [2.05, 4.69) is 21.2 Å². The van der Waals surface area contributed by atoms with E-state index in [-0.39, 0.29) is 11.9 Å². The highest BCUT2D eigenvalue weighted by Crippen LogP contribution is 2.22. The predicted molar refractivity (Wildman–Crippen MR) is 90.6 cm³/mol. The minimum absolute atomic E-state index is 0.0656. The van der Waals surface area contributed by atoms with Gasteiger partial charge in [-0.05, 0) is 42.3 Å². The molecule has 3 nitrogen and oxygen atoms in total.